The molecule has 1 saturated heterocycles. The van der Waals surface area contributed by atoms with Crippen LogP contribution in [0.5, 0.6) is 0 Å². The van der Waals surface area contributed by atoms with E-state index in [2.05, 4.69) is 15.7 Å². The number of rotatable bonds is 3. The van der Waals surface area contributed by atoms with Crippen LogP contribution in [0.3, 0.4) is 0 Å². The SMILES string of the molecule is Cl.O=C(Nc1ccc(-n2cccn2)c(Cl)c1)C1CNCCO1. The molecule has 1 aliphatic rings. The van der Waals surface area contributed by atoms with E-state index in [-0.39, 0.29) is 18.3 Å². The number of halogens is 2. The number of nitrogens with zero attached hydrogens (tertiary/aromatic N) is 2. The third kappa shape index (κ3) is 3.78. The van der Waals surface area contributed by atoms with Gasteiger partial charge < -0.3 is 15.4 Å². The Bertz CT molecular complexity index is 628. The molecule has 118 valence electrons. The molecule has 0 bridgehead atoms. The van der Waals surface area contributed by atoms with Crippen LogP contribution in [-0.2, 0) is 9.53 Å². The Labute approximate surface area is 139 Å². The lowest BCUT2D eigenvalue weighted by atomic mass is 10.2. The number of nitrogens with one attached hydrogen (secondary N) is 2. The van der Waals surface area contributed by atoms with Gasteiger partial charge in [-0.3, -0.25) is 4.79 Å². The van der Waals surface area contributed by atoms with Gasteiger partial charge in [0.05, 0.1) is 17.3 Å². The standard InChI is InChI=1S/C14H15ClN4O2.ClH/c15-11-8-10(2-3-12(11)19-6-1-4-17-19)18-14(20)13-9-16-5-7-21-13;/h1-4,6,8,13,16H,5,7,9H2,(H,18,20);1H. The van der Waals surface area contributed by atoms with Crippen LogP contribution in [0.4, 0.5) is 5.69 Å². The molecule has 2 heterocycles. The summed E-state index contributed by atoms with van der Waals surface area (Å²) >= 11 is 6.23. The Kier molecular flexibility index (Phi) is 5.79. The minimum atomic E-state index is -0.469. The maximum atomic E-state index is 12.1. The Morgan fingerprint density at radius 2 is 2.36 bits per heavy atom. The van der Waals surface area contributed by atoms with Gasteiger partial charge in [0, 0.05) is 31.2 Å². The number of hydrogen-bond donors (Lipinski definition) is 2. The summed E-state index contributed by atoms with van der Waals surface area (Å²) in [5.74, 6) is -0.176. The summed E-state index contributed by atoms with van der Waals surface area (Å²) in [6.07, 6.45) is 3.02. The smallest absolute Gasteiger partial charge is 0.254 e. The largest absolute Gasteiger partial charge is 0.366 e. The van der Waals surface area contributed by atoms with Crippen molar-refractivity contribution in [1.29, 1.82) is 0 Å². The predicted octanol–water partition coefficient (Wildman–Crippen LogP) is 1.87. The van der Waals surface area contributed by atoms with Crippen LogP contribution in [0.1, 0.15) is 0 Å². The topological polar surface area (TPSA) is 68.2 Å². The highest BCUT2D eigenvalue weighted by Crippen LogP contribution is 2.24. The highest BCUT2D eigenvalue weighted by molar-refractivity contribution is 6.32. The fraction of sp³-hybridized carbons (Fsp3) is 0.286. The average Bonchev–Trinajstić information content (AvgIpc) is 3.02. The molecule has 0 aliphatic carbocycles. The molecule has 22 heavy (non-hydrogen) atoms. The maximum Gasteiger partial charge on any atom is 0.254 e. The number of aromatic nitrogens is 2. The summed E-state index contributed by atoms with van der Waals surface area (Å²) in [6.45, 7) is 1.83. The summed E-state index contributed by atoms with van der Waals surface area (Å²) in [6, 6.07) is 7.12. The van der Waals surface area contributed by atoms with Crippen LogP contribution < -0.4 is 10.6 Å². The summed E-state index contributed by atoms with van der Waals surface area (Å²) in [4.78, 5) is 12.1. The number of carbonyl (C=O) groups excluding carboxylic acids is 1. The summed E-state index contributed by atoms with van der Waals surface area (Å²) in [5.41, 5.74) is 1.39. The lowest BCUT2D eigenvalue weighted by Crippen LogP contribution is -2.45. The molecule has 2 aromatic rings. The third-order valence-corrected chi connectivity index (χ3v) is 3.49. The van der Waals surface area contributed by atoms with Crippen molar-refractivity contribution >= 4 is 35.6 Å². The number of benzene rings is 1. The van der Waals surface area contributed by atoms with E-state index in [1.165, 1.54) is 0 Å². The molecule has 1 aliphatic heterocycles. The number of carbonyl (C=O) groups is 1. The van der Waals surface area contributed by atoms with E-state index in [1.54, 1.807) is 29.2 Å². The van der Waals surface area contributed by atoms with Gasteiger partial charge in [0.1, 0.15) is 6.10 Å². The van der Waals surface area contributed by atoms with Crippen LogP contribution in [0.2, 0.25) is 5.02 Å². The van der Waals surface area contributed by atoms with Crippen LogP contribution in [0, 0.1) is 0 Å². The normalized spacial score (nSPS) is 17.6. The molecule has 0 spiro atoms. The van der Waals surface area contributed by atoms with Gasteiger partial charge in [-0.05, 0) is 24.3 Å². The molecule has 1 aromatic heterocycles. The minimum Gasteiger partial charge on any atom is -0.366 e. The van der Waals surface area contributed by atoms with Gasteiger partial charge in [-0.2, -0.15) is 5.10 Å². The van der Waals surface area contributed by atoms with Gasteiger partial charge in [0.25, 0.3) is 5.91 Å². The Morgan fingerprint density at radius 3 is 3.00 bits per heavy atom. The molecular weight excluding hydrogens is 327 g/mol. The van der Waals surface area contributed by atoms with Gasteiger partial charge >= 0.3 is 0 Å². The van der Waals surface area contributed by atoms with Gasteiger partial charge in [0.2, 0.25) is 0 Å². The van der Waals surface area contributed by atoms with E-state index in [0.29, 0.717) is 23.9 Å². The van der Waals surface area contributed by atoms with E-state index >= 15 is 0 Å². The fourth-order valence-electron chi connectivity index (χ4n) is 2.14. The van der Waals surface area contributed by atoms with Crippen molar-refractivity contribution in [3.8, 4) is 5.69 Å². The molecule has 1 unspecified atom stereocenters. The van der Waals surface area contributed by atoms with E-state index in [9.17, 15) is 4.79 Å². The van der Waals surface area contributed by atoms with Crippen molar-refractivity contribution in [1.82, 2.24) is 15.1 Å². The van der Waals surface area contributed by atoms with E-state index < -0.39 is 6.10 Å². The van der Waals surface area contributed by atoms with E-state index in [0.717, 1.165) is 12.2 Å². The summed E-state index contributed by atoms with van der Waals surface area (Å²) in [5, 5.41) is 10.6. The fourth-order valence-corrected chi connectivity index (χ4v) is 2.41. The minimum absolute atomic E-state index is 0. The van der Waals surface area contributed by atoms with E-state index in [4.69, 9.17) is 16.3 Å². The Balaban J connectivity index is 0.00000176. The lowest BCUT2D eigenvalue weighted by molar-refractivity contribution is -0.128. The first kappa shape index (κ1) is 16.8. The zero-order valence-electron chi connectivity index (χ0n) is 11.7. The lowest BCUT2D eigenvalue weighted by Gasteiger charge is -2.22. The third-order valence-electron chi connectivity index (χ3n) is 3.19. The molecule has 2 N–H and O–H groups in total. The van der Waals surface area contributed by atoms with Crippen molar-refractivity contribution in [3.05, 3.63) is 41.7 Å². The molecule has 0 saturated carbocycles. The molecule has 8 heteroatoms. The second-order valence-electron chi connectivity index (χ2n) is 4.67. The van der Waals surface area contributed by atoms with E-state index in [1.807, 2.05) is 12.1 Å². The highest BCUT2D eigenvalue weighted by atomic mass is 35.5. The monoisotopic (exact) mass is 342 g/mol. The van der Waals surface area contributed by atoms with Crippen LogP contribution in [-0.4, -0.2) is 41.5 Å². The van der Waals surface area contributed by atoms with Crippen molar-refractivity contribution in [2.75, 3.05) is 25.0 Å². The summed E-state index contributed by atoms with van der Waals surface area (Å²) < 4.78 is 7.07. The second kappa shape index (κ2) is 7.60. The van der Waals surface area contributed by atoms with Crippen molar-refractivity contribution < 1.29 is 9.53 Å². The highest BCUT2D eigenvalue weighted by Gasteiger charge is 2.21. The molecule has 1 atom stereocenters. The van der Waals surface area contributed by atoms with Crippen LogP contribution >= 0.6 is 24.0 Å². The summed E-state index contributed by atoms with van der Waals surface area (Å²) in [7, 11) is 0. The number of morpholine rings is 1. The second-order valence-corrected chi connectivity index (χ2v) is 5.08. The first-order valence-corrected chi connectivity index (χ1v) is 7.04. The van der Waals surface area contributed by atoms with Crippen LogP contribution in [0.15, 0.2) is 36.7 Å². The zero-order valence-corrected chi connectivity index (χ0v) is 13.2. The number of hydrogen-bond acceptors (Lipinski definition) is 4. The average molecular weight is 343 g/mol. The molecule has 1 aromatic carbocycles. The van der Waals surface area contributed by atoms with Gasteiger partial charge in [-0.15, -0.1) is 12.4 Å². The Hall–Kier alpha value is -1.60. The quantitative estimate of drug-likeness (QED) is 0.893. The van der Waals surface area contributed by atoms with Crippen LogP contribution in [0.25, 0.3) is 5.69 Å². The van der Waals surface area contributed by atoms with Gasteiger partial charge in [-0.1, -0.05) is 11.6 Å². The first-order valence-electron chi connectivity index (χ1n) is 6.67. The molecule has 0 radical (unpaired) electrons. The zero-order chi connectivity index (χ0) is 14.7. The van der Waals surface area contributed by atoms with Gasteiger partial charge in [-0.25, -0.2) is 4.68 Å². The number of ether oxygens (including phenoxy) is 1. The predicted molar refractivity (Wildman–Crippen MR) is 87.1 cm³/mol. The molecule has 1 fully saturated rings. The first-order chi connectivity index (χ1) is 10.2. The maximum absolute atomic E-state index is 12.1. The molecule has 1 amide bonds. The number of amides is 1. The van der Waals surface area contributed by atoms with Gasteiger partial charge in [0.15, 0.2) is 0 Å². The molecular formula is C14H16Cl2N4O2. The number of anilines is 1. The molecule has 6 nitrogen and oxygen atoms in total. The van der Waals surface area contributed by atoms with Crippen molar-refractivity contribution in [3.63, 3.8) is 0 Å². The van der Waals surface area contributed by atoms with Crippen molar-refractivity contribution in [2.24, 2.45) is 0 Å². The van der Waals surface area contributed by atoms with Crippen molar-refractivity contribution in [2.45, 2.75) is 6.10 Å². The molecule has 3 rings (SSSR count). The Morgan fingerprint density at radius 1 is 1.50 bits per heavy atom.